The summed E-state index contributed by atoms with van der Waals surface area (Å²) in [6.07, 6.45) is 2.23. The number of hydrogen-bond donors (Lipinski definition) is 1. The molecule has 0 atom stereocenters. The largest absolute Gasteiger partial charge is 0.278 e. The zero-order valence-corrected chi connectivity index (χ0v) is 9.45. The van der Waals surface area contributed by atoms with Crippen molar-refractivity contribution in [1.29, 1.82) is 0 Å². The first-order valence-electron chi connectivity index (χ1n) is 5.58. The average molecular weight is 244 g/mol. The molecule has 0 fully saturated rings. The summed E-state index contributed by atoms with van der Waals surface area (Å²) in [5.74, 6) is -1.10. The van der Waals surface area contributed by atoms with Gasteiger partial charge in [0.25, 0.3) is 0 Å². The smallest absolute Gasteiger partial charge is 0.126 e. The van der Waals surface area contributed by atoms with Gasteiger partial charge in [0.15, 0.2) is 0 Å². The molecular formula is C14H10F2N2. The Hall–Kier alpha value is -2.23. The van der Waals surface area contributed by atoms with E-state index in [9.17, 15) is 8.78 Å². The Morgan fingerprint density at radius 1 is 0.944 bits per heavy atom. The summed E-state index contributed by atoms with van der Waals surface area (Å²) in [7, 11) is 0. The second-order valence-electron chi connectivity index (χ2n) is 4.25. The summed E-state index contributed by atoms with van der Waals surface area (Å²) in [5, 5.41) is 7.82. The van der Waals surface area contributed by atoms with Crippen molar-refractivity contribution >= 4 is 10.9 Å². The number of rotatable bonds is 2. The van der Waals surface area contributed by atoms with Gasteiger partial charge >= 0.3 is 0 Å². The number of aromatic nitrogens is 2. The lowest BCUT2D eigenvalue weighted by molar-refractivity contribution is 0.580. The number of H-pyrrole nitrogens is 1. The predicted molar refractivity (Wildman–Crippen MR) is 65.3 cm³/mol. The maximum atomic E-state index is 13.1. The lowest BCUT2D eigenvalue weighted by Crippen LogP contribution is -1.91. The van der Waals surface area contributed by atoms with E-state index in [1.54, 1.807) is 6.20 Å². The number of benzene rings is 2. The van der Waals surface area contributed by atoms with Crippen molar-refractivity contribution in [3.05, 3.63) is 65.4 Å². The van der Waals surface area contributed by atoms with Crippen LogP contribution in [0.2, 0.25) is 0 Å². The Kier molecular flexibility index (Phi) is 2.55. The number of hydrogen-bond acceptors (Lipinski definition) is 1. The summed E-state index contributed by atoms with van der Waals surface area (Å²) in [5.41, 5.74) is 2.52. The van der Waals surface area contributed by atoms with Crippen molar-refractivity contribution in [1.82, 2.24) is 10.2 Å². The maximum absolute atomic E-state index is 13.1. The molecule has 0 saturated heterocycles. The number of nitrogens with zero attached hydrogens (tertiary/aromatic N) is 1. The van der Waals surface area contributed by atoms with Crippen LogP contribution in [0.4, 0.5) is 8.78 Å². The van der Waals surface area contributed by atoms with Crippen molar-refractivity contribution in [2.45, 2.75) is 6.42 Å². The molecule has 90 valence electrons. The van der Waals surface area contributed by atoms with Crippen LogP contribution in [0.15, 0.2) is 42.6 Å². The molecular weight excluding hydrogens is 234 g/mol. The van der Waals surface area contributed by atoms with Crippen LogP contribution in [-0.2, 0) is 6.42 Å². The van der Waals surface area contributed by atoms with E-state index < -0.39 is 11.6 Å². The Balaban J connectivity index is 1.95. The molecule has 0 bridgehead atoms. The molecule has 0 amide bonds. The highest BCUT2D eigenvalue weighted by atomic mass is 19.1. The van der Waals surface area contributed by atoms with E-state index in [1.807, 2.05) is 18.2 Å². The minimum Gasteiger partial charge on any atom is -0.278 e. The molecule has 3 aromatic rings. The summed E-state index contributed by atoms with van der Waals surface area (Å²) < 4.78 is 26.2. The molecule has 1 heterocycles. The quantitative estimate of drug-likeness (QED) is 0.735. The molecule has 4 heteroatoms. The summed E-state index contributed by atoms with van der Waals surface area (Å²) >= 11 is 0. The number of fused-ring (bicyclic) bond motifs is 1. The second kappa shape index (κ2) is 4.22. The standard InChI is InChI=1S/C14H10F2N2/c15-12-4-10(5-13(16)7-12)3-9-1-2-11-8-17-18-14(11)6-9/h1-2,4-8H,3H2,(H,17,18). The molecule has 0 aliphatic heterocycles. The molecule has 2 aromatic carbocycles. The highest BCUT2D eigenvalue weighted by molar-refractivity contribution is 5.78. The molecule has 0 spiro atoms. The lowest BCUT2D eigenvalue weighted by atomic mass is 10.0. The normalized spacial score (nSPS) is 11.0. The van der Waals surface area contributed by atoms with Crippen LogP contribution in [-0.4, -0.2) is 10.2 Å². The van der Waals surface area contributed by atoms with Crippen LogP contribution in [0.25, 0.3) is 10.9 Å². The van der Waals surface area contributed by atoms with Crippen molar-refractivity contribution in [2.24, 2.45) is 0 Å². The maximum Gasteiger partial charge on any atom is 0.126 e. The first-order chi connectivity index (χ1) is 8.70. The summed E-state index contributed by atoms with van der Waals surface area (Å²) in [6, 6.07) is 9.37. The van der Waals surface area contributed by atoms with E-state index in [2.05, 4.69) is 10.2 Å². The van der Waals surface area contributed by atoms with Gasteiger partial charge in [0.05, 0.1) is 11.7 Å². The third-order valence-electron chi connectivity index (χ3n) is 2.84. The molecule has 0 saturated carbocycles. The highest BCUT2D eigenvalue weighted by Gasteiger charge is 2.03. The van der Waals surface area contributed by atoms with Gasteiger partial charge in [-0.05, 0) is 35.7 Å². The first-order valence-corrected chi connectivity index (χ1v) is 5.58. The van der Waals surface area contributed by atoms with Crippen LogP contribution >= 0.6 is 0 Å². The van der Waals surface area contributed by atoms with Gasteiger partial charge in [-0.3, -0.25) is 5.10 Å². The van der Waals surface area contributed by atoms with E-state index >= 15 is 0 Å². The Morgan fingerprint density at radius 2 is 1.72 bits per heavy atom. The van der Waals surface area contributed by atoms with Gasteiger partial charge in [-0.15, -0.1) is 0 Å². The van der Waals surface area contributed by atoms with E-state index in [-0.39, 0.29) is 0 Å². The van der Waals surface area contributed by atoms with Crippen LogP contribution < -0.4 is 0 Å². The number of nitrogens with one attached hydrogen (secondary N) is 1. The number of aromatic amines is 1. The second-order valence-corrected chi connectivity index (χ2v) is 4.25. The average Bonchev–Trinajstić information content (AvgIpc) is 2.74. The molecule has 0 aliphatic carbocycles. The summed E-state index contributed by atoms with van der Waals surface area (Å²) in [6.45, 7) is 0. The van der Waals surface area contributed by atoms with E-state index in [4.69, 9.17) is 0 Å². The SMILES string of the molecule is Fc1cc(F)cc(Cc2ccc3cn[nH]c3c2)c1. The van der Waals surface area contributed by atoms with Gasteiger partial charge in [0, 0.05) is 11.5 Å². The van der Waals surface area contributed by atoms with Crippen molar-refractivity contribution in [2.75, 3.05) is 0 Å². The van der Waals surface area contributed by atoms with Gasteiger partial charge in [-0.1, -0.05) is 12.1 Å². The minimum atomic E-state index is -0.549. The van der Waals surface area contributed by atoms with E-state index in [1.165, 1.54) is 12.1 Å². The fourth-order valence-corrected chi connectivity index (χ4v) is 2.04. The fraction of sp³-hybridized carbons (Fsp3) is 0.0714. The topological polar surface area (TPSA) is 28.7 Å². The minimum absolute atomic E-state index is 0.490. The molecule has 0 unspecified atom stereocenters. The van der Waals surface area contributed by atoms with Gasteiger partial charge in [-0.2, -0.15) is 5.10 Å². The molecule has 1 aromatic heterocycles. The Labute approximate surface area is 102 Å². The van der Waals surface area contributed by atoms with E-state index in [0.717, 1.165) is 22.5 Å². The van der Waals surface area contributed by atoms with Crippen LogP contribution in [0.5, 0.6) is 0 Å². The predicted octanol–water partition coefficient (Wildman–Crippen LogP) is 3.43. The number of halogens is 2. The Bertz CT molecular complexity index is 684. The molecule has 0 aliphatic rings. The zero-order chi connectivity index (χ0) is 12.5. The monoisotopic (exact) mass is 244 g/mol. The van der Waals surface area contributed by atoms with Gasteiger partial charge in [-0.25, -0.2) is 8.78 Å². The van der Waals surface area contributed by atoms with Crippen molar-refractivity contribution in [3.8, 4) is 0 Å². The zero-order valence-electron chi connectivity index (χ0n) is 9.45. The van der Waals surface area contributed by atoms with Gasteiger partial charge in [0.1, 0.15) is 11.6 Å². The lowest BCUT2D eigenvalue weighted by Gasteiger charge is -2.03. The third kappa shape index (κ3) is 2.09. The summed E-state index contributed by atoms with van der Waals surface area (Å²) in [4.78, 5) is 0. The third-order valence-corrected chi connectivity index (χ3v) is 2.84. The van der Waals surface area contributed by atoms with Crippen molar-refractivity contribution in [3.63, 3.8) is 0 Å². The molecule has 1 N–H and O–H groups in total. The molecule has 2 nitrogen and oxygen atoms in total. The molecule has 3 rings (SSSR count). The van der Waals surface area contributed by atoms with Gasteiger partial charge in [0.2, 0.25) is 0 Å². The van der Waals surface area contributed by atoms with Crippen LogP contribution in [0.1, 0.15) is 11.1 Å². The van der Waals surface area contributed by atoms with Gasteiger partial charge < -0.3 is 0 Å². The molecule has 18 heavy (non-hydrogen) atoms. The van der Waals surface area contributed by atoms with Crippen LogP contribution in [0, 0.1) is 11.6 Å². The first kappa shape index (κ1) is 10.9. The van der Waals surface area contributed by atoms with Crippen molar-refractivity contribution < 1.29 is 8.78 Å². The van der Waals surface area contributed by atoms with Crippen LogP contribution in [0.3, 0.4) is 0 Å². The molecule has 0 radical (unpaired) electrons. The Morgan fingerprint density at radius 3 is 2.50 bits per heavy atom. The van der Waals surface area contributed by atoms with E-state index in [0.29, 0.717) is 12.0 Å². The fourth-order valence-electron chi connectivity index (χ4n) is 2.04. The highest BCUT2D eigenvalue weighted by Crippen LogP contribution is 2.17.